The summed E-state index contributed by atoms with van der Waals surface area (Å²) in [5.41, 5.74) is 6.04. The Balaban J connectivity index is 2.01. The average molecular weight is 268 g/mol. The minimum Gasteiger partial charge on any atom is -0.308 e. The first-order valence-electron chi connectivity index (χ1n) is 7.19. The summed E-state index contributed by atoms with van der Waals surface area (Å²) in [4.78, 5) is 9.23. The summed E-state index contributed by atoms with van der Waals surface area (Å²) in [5.74, 6) is 7.54. The van der Waals surface area contributed by atoms with Crippen LogP contribution in [0.15, 0.2) is 30.3 Å². The topological polar surface area (TPSA) is 63.8 Å². The van der Waals surface area contributed by atoms with Gasteiger partial charge in [-0.25, -0.2) is 15.8 Å². The molecule has 3 rings (SSSR count). The summed E-state index contributed by atoms with van der Waals surface area (Å²) in [6, 6.07) is 10.3. The fourth-order valence-corrected chi connectivity index (χ4v) is 2.80. The maximum atomic E-state index is 5.55. The van der Waals surface area contributed by atoms with Gasteiger partial charge in [-0.2, -0.15) is 0 Å². The number of hydrazine groups is 1. The fraction of sp³-hybridized carbons (Fsp3) is 0.375. The number of nitrogens with zero attached hydrogens (tertiary/aromatic N) is 2. The zero-order chi connectivity index (χ0) is 13.9. The van der Waals surface area contributed by atoms with Crippen molar-refractivity contribution < 1.29 is 0 Å². The van der Waals surface area contributed by atoms with Crippen molar-refractivity contribution in [2.45, 2.75) is 38.5 Å². The van der Waals surface area contributed by atoms with E-state index < -0.39 is 0 Å². The van der Waals surface area contributed by atoms with Crippen LogP contribution >= 0.6 is 0 Å². The molecule has 1 aliphatic rings. The van der Waals surface area contributed by atoms with E-state index in [1.807, 2.05) is 6.07 Å². The summed E-state index contributed by atoms with van der Waals surface area (Å²) < 4.78 is 0. The lowest BCUT2D eigenvalue weighted by Crippen LogP contribution is -2.11. The van der Waals surface area contributed by atoms with E-state index in [1.165, 1.54) is 31.2 Å². The molecule has 1 fully saturated rings. The van der Waals surface area contributed by atoms with Gasteiger partial charge in [0.15, 0.2) is 5.82 Å². The largest absolute Gasteiger partial charge is 0.308 e. The summed E-state index contributed by atoms with van der Waals surface area (Å²) in [5, 5.41) is 0. The van der Waals surface area contributed by atoms with Crippen LogP contribution in [0.25, 0.3) is 11.4 Å². The zero-order valence-electron chi connectivity index (χ0n) is 11.8. The first-order chi connectivity index (χ1) is 9.76. The van der Waals surface area contributed by atoms with E-state index in [0.717, 1.165) is 17.1 Å². The lowest BCUT2D eigenvalue weighted by Gasteiger charge is -2.12. The van der Waals surface area contributed by atoms with Gasteiger partial charge in [0.1, 0.15) is 5.82 Å². The third-order valence-electron chi connectivity index (χ3n) is 3.98. The van der Waals surface area contributed by atoms with Gasteiger partial charge in [0.25, 0.3) is 0 Å². The second-order valence-corrected chi connectivity index (χ2v) is 5.49. The standard InChI is InChI=1S/C16H20N4/c1-11-6-8-13(9-7-11)16-18-14(10-15(19-16)20-17)12-4-2-3-5-12/h6-10,12H,2-5,17H2,1H3,(H,18,19,20). The number of hydrogen-bond donors (Lipinski definition) is 2. The molecular formula is C16H20N4. The van der Waals surface area contributed by atoms with Gasteiger partial charge in [0.2, 0.25) is 0 Å². The van der Waals surface area contributed by atoms with Crippen LogP contribution in [0.3, 0.4) is 0 Å². The van der Waals surface area contributed by atoms with Crippen molar-refractivity contribution in [2.75, 3.05) is 5.43 Å². The number of nitrogens with one attached hydrogen (secondary N) is 1. The number of hydrogen-bond acceptors (Lipinski definition) is 4. The van der Waals surface area contributed by atoms with Crippen LogP contribution in [0.5, 0.6) is 0 Å². The first kappa shape index (κ1) is 13.1. The maximum absolute atomic E-state index is 5.55. The smallest absolute Gasteiger partial charge is 0.161 e. The number of benzene rings is 1. The molecule has 0 bridgehead atoms. The van der Waals surface area contributed by atoms with Gasteiger partial charge >= 0.3 is 0 Å². The van der Waals surface area contributed by atoms with Crippen LogP contribution < -0.4 is 11.3 Å². The Morgan fingerprint density at radius 2 is 1.80 bits per heavy atom. The second kappa shape index (κ2) is 5.59. The van der Waals surface area contributed by atoms with E-state index in [1.54, 1.807) is 0 Å². The molecule has 0 atom stereocenters. The molecule has 0 unspecified atom stereocenters. The van der Waals surface area contributed by atoms with E-state index in [2.05, 4.69) is 41.6 Å². The monoisotopic (exact) mass is 268 g/mol. The molecule has 1 saturated carbocycles. The number of aromatic nitrogens is 2. The second-order valence-electron chi connectivity index (χ2n) is 5.49. The van der Waals surface area contributed by atoms with Crippen LogP contribution in [0, 0.1) is 6.92 Å². The number of rotatable bonds is 3. The Hall–Kier alpha value is -1.94. The summed E-state index contributed by atoms with van der Waals surface area (Å²) in [6.45, 7) is 2.08. The minimum absolute atomic E-state index is 0.550. The minimum atomic E-state index is 0.550. The van der Waals surface area contributed by atoms with Crippen molar-refractivity contribution in [1.82, 2.24) is 9.97 Å². The lowest BCUT2D eigenvalue weighted by molar-refractivity contribution is 0.695. The molecule has 4 heteroatoms. The van der Waals surface area contributed by atoms with Crippen LogP contribution in [0.1, 0.15) is 42.9 Å². The number of aryl methyl sites for hydroxylation is 1. The van der Waals surface area contributed by atoms with E-state index in [0.29, 0.717) is 11.7 Å². The molecule has 0 radical (unpaired) electrons. The Labute approximate surface area is 119 Å². The Morgan fingerprint density at radius 1 is 1.10 bits per heavy atom. The van der Waals surface area contributed by atoms with Crippen LogP contribution in [-0.2, 0) is 0 Å². The van der Waals surface area contributed by atoms with E-state index >= 15 is 0 Å². The molecule has 1 aromatic carbocycles. The molecule has 0 saturated heterocycles. The van der Waals surface area contributed by atoms with Crippen LogP contribution in [0.2, 0.25) is 0 Å². The molecule has 2 aromatic rings. The normalized spacial score (nSPS) is 15.5. The van der Waals surface area contributed by atoms with Gasteiger partial charge in [0, 0.05) is 23.2 Å². The molecular weight excluding hydrogens is 248 g/mol. The summed E-state index contributed by atoms with van der Waals surface area (Å²) >= 11 is 0. The third kappa shape index (κ3) is 2.65. The number of anilines is 1. The molecule has 1 heterocycles. The molecule has 4 nitrogen and oxygen atoms in total. The van der Waals surface area contributed by atoms with Gasteiger partial charge in [-0.3, -0.25) is 0 Å². The van der Waals surface area contributed by atoms with Crippen molar-refractivity contribution in [3.05, 3.63) is 41.6 Å². The van der Waals surface area contributed by atoms with Crippen molar-refractivity contribution >= 4 is 5.82 Å². The SMILES string of the molecule is Cc1ccc(-c2nc(NN)cc(C3CCCC3)n2)cc1. The highest BCUT2D eigenvalue weighted by atomic mass is 15.3. The summed E-state index contributed by atoms with van der Waals surface area (Å²) in [6.07, 6.45) is 5.02. The molecule has 1 aliphatic carbocycles. The molecule has 0 aliphatic heterocycles. The van der Waals surface area contributed by atoms with Crippen molar-refractivity contribution in [2.24, 2.45) is 5.84 Å². The van der Waals surface area contributed by atoms with E-state index in [-0.39, 0.29) is 0 Å². The molecule has 104 valence electrons. The first-order valence-corrected chi connectivity index (χ1v) is 7.19. The van der Waals surface area contributed by atoms with Crippen molar-refractivity contribution in [1.29, 1.82) is 0 Å². The number of nitrogen functional groups attached to an aromatic ring is 1. The molecule has 0 amide bonds. The van der Waals surface area contributed by atoms with Crippen LogP contribution in [-0.4, -0.2) is 9.97 Å². The quantitative estimate of drug-likeness (QED) is 0.661. The van der Waals surface area contributed by atoms with Gasteiger partial charge in [-0.05, 0) is 19.8 Å². The Morgan fingerprint density at radius 3 is 2.45 bits per heavy atom. The van der Waals surface area contributed by atoms with Gasteiger partial charge in [-0.15, -0.1) is 0 Å². The van der Waals surface area contributed by atoms with Gasteiger partial charge < -0.3 is 5.43 Å². The van der Waals surface area contributed by atoms with E-state index in [9.17, 15) is 0 Å². The maximum Gasteiger partial charge on any atom is 0.161 e. The Bertz CT molecular complexity index is 586. The molecule has 3 N–H and O–H groups in total. The van der Waals surface area contributed by atoms with Gasteiger partial charge in [-0.1, -0.05) is 42.7 Å². The predicted octanol–water partition coefficient (Wildman–Crippen LogP) is 3.40. The summed E-state index contributed by atoms with van der Waals surface area (Å²) in [7, 11) is 0. The molecule has 1 aromatic heterocycles. The Kier molecular flexibility index (Phi) is 3.65. The van der Waals surface area contributed by atoms with Crippen molar-refractivity contribution in [3.8, 4) is 11.4 Å². The van der Waals surface area contributed by atoms with Crippen LogP contribution in [0.4, 0.5) is 5.82 Å². The molecule has 20 heavy (non-hydrogen) atoms. The average Bonchev–Trinajstić information content (AvgIpc) is 3.02. The lowest BCUT2D eigenvalue weighted by atomic mass is 10.0. The highest BCUT2D eigenvalue weighted by Gasteiger charge is 2.20. The van der Waals surface area contributed by atoms with Crippen molar-refractivity contribution in [3.63, 3.8) is 0 Å². The highest BCUT2D eigenvalue weighted by Crippen LogP contribution is 2.34. The highest BCUT2D eigenvalue weighted by molar-refractivity contribution is 5.58. The third-order valence-corrected chi connectivity index (χ3v) is 3.98. The predicted molar refractivity (Wildman–Crippen MR) is 81.2 cm³/mol. The zero-order valence-corrected chi connectivity index (χ0v) is 11.8. The molecule has 0 spiro atoms. The van der Waals surface area contributed by atoms with Gasteiger partial charge in [0.05, 0.1) is 0 Å². The van der Waals surface area contributed by atoms with E-state index in [4.69, 9.17) is 10.8 Å². The number of nitrogens with two attached hydrogens (primary N) is 1. The fourth-order valence-electron chi connectivity index (χ4n) is 2.80.